The van der Waals surface area contributed by atoms with E-state index in [4.69, 9.17) is 16.7 Å². The average Bonchev–Trinajstić information content (AvgIpc) is 2.63. The molecular formula is C19H17ClF3N3OS. The van der Waals surface area contributed by atoms with E-state index in [1.54, 1.807) is 24.3 Å². The zero-order valence-corrected chi connectivity index (χ0v) is 16.3. The number of carbonyl (C=O) groups is 1. The molecule has 0 aromatic heterocycles. The van der Waals surface area contributed by atoms with Crippen molar-refractivity contribution in [2.75, 3.05) is 5.32 Å². The van der Waals surface area contributed by atoms with E-state index in [0.717, 1.165) is 24.2 Å². The van der Waals surface area contributed by atoms with E-state index in [2.05, 4.69) is 10.3 Å². The van der Waals surface area contributed by atoms with E-state index >= 15 is 0 Å². The van der Waals surface area contributed by atoms with Gasteiger partial charge in [0.1, 0.15) is 5.70 Å². The third kappa shape index (κ3) is 6.12. The topological polar surface area (TPSA) is 67.5 Å². The Kier molecular flexibility index (Phi) is 7.68. The number of benzene rings is 2. The molecular weight excluding hydrogens is 411 g/mol. The smallest absolute Gasteiger partial charge is 0.326 e. The van der Waals surface area contributed by atoms with Crippen molar-refractivity contribution in [1.29, 1.82) is 0 Å². The zero-order valence-electron chi connectivity index (χ0n) is 14.8. The minimum absolute atomic E-state index is 0.0653. The Morgan fingerprint density at radius 1 is 1.29 bits per heavy atom. The van der Waals surface area contributed by atoms with Crippen molar-refractivity contribution in [2.45, 2.75) is 24.4 Å². The highest BCUT2D eigenvalue weighted by molar-refractivity contribution is 7.97. The molecule has 0 radical (unpaired) electrons. The van der Waals surface area contributed by atoms with Crippen LogP contribution in [0.4, 0.5) is 18.9 Å². The molecule has 9 heteroatoms. The first-order chi connectivity index (χ1) is 13.2. The molecule has 0 unspecified atom stereocenters. The Balaban J connectivity index is 2.23. The van der Waals surface area contributed by atoms with Crippen LogP contribution in [0, 0.1) is 0 Å². The van der Waals surface area contributed by atoms with Crippen molar-refractivity contribution in [2.24, 2.45) is 10.1 Å². The molecule has 0 heterocycles. The summed E-state index contributed by atoms with van der Waals surface area (Å²) >= 11 is 6.82. The van der Waals surface area contributed by atoms with Crippen molar-refractivity contribution in [3.8, 4) is 0 Å². The molecule has 0 saturated heterocycles. The molecule has 0 aliphatic carbocycles. The lowest BCUT2D eigenvalue weighted by Crippen LogP contribution is -2.14. The molecule has 0 aliphatic heterocycles. The minimum Gasteiger partial charge on any atom is -0.326 e. The van der Waals surface area contributed by atoms with E-state index < -0.39 is 11.9 Å². The first-order valence-corrected chi connectivity index (χ1v) is 9.32. The first kappa shape index (κ1) is 22.0. The van der Waals surface area contributed by atoms with Gasteiger partial charge in [0.2, 0.25) is 5.91 Å². The van der Waals surface area contributed by atoms with Gasteiger partial charge in [0.25, 0.3) is 0 Å². The molecule has 0 bridgehead atoms. The highest BCUT2D eigenvalue weighted by Gasteiger charge is 2.33. The molecule has 148 valence electrons. The maximum absolute atomic E-state index is 13.0. The fraction of sp³-hybridized carbons (Fsp3) is 0.158. The number of hydrogen-bond acceptors (Lipinski definition) is 4. The lowest BCUT2D eigenvalue weighted by Gasteiger charge is -2.11. The first-order valence-electron chi connectivity index (χ1n) is 8.06. The summed E-state index contributed by atoms with van der Waals surface area (Å²) in [7, 11) is 0. The Morgan fingerprint density at radius 3 is 2.61 bits per heavy atom. The molecule has 2 rings (SSSR count). The summed E-state index contributed by atoms with van der Waals surface area (Å²) in [6.07, 6.45) is -2.55. The van der Waals surface area contributed by atoms with Crippen LogP contribution in [0.15, 0.2) is 58.0 Å². The minimum atomic E-state index is -4.59. The number of nitrogens with two attached hydrogens (primary N) is 1. The Labute approximate surface area is 169 Å². The Morgan fingerprint density at radius 2 is 2.00 bits per heavy atom. The molecule has 4 nitrogen and oxygen atoms in total. The van der Waals surface area contributed by atoms with Gasteiger partial charge in [-0.2, -0.15) is 13.2 Å². The van der Waals surface area contributed by atoms with Crippen LogP contribution >= 0.6 is 23.5 Å². The molecule has 0 aliphatic rings. The molecule has 2 aromatic rings. The summed E-state index contributed by atoms with van der Waals surface area (Å²) in [4.78, 5) is 16.0. The predicted molar refractivity (Wildman–Crippen MR) is 108 cm³/mol. The third-order valence-electron chi connectivity index (χ3n) is 3.58. The van der Waals surface area contributed by atoms with Gasteiger partial charge < -0.3 is 5.32 Å². The van der Waals surface area contributed by atoms with E-state index in [9.17, 15) is 18.0 Å². The second-order valence-electron chi connectivity index (χ2n) is 5.60. The van der Waals surface area contributed by atoms with Crippen LogP contribution in [0.3, 0.4) is 0 Å². The molecule has 3 N–H and O–H groups in total. The van der Waals surface area contributed by atoms with Gasteiger partial charge in [-0.1, -0.05) is 35.9 Å². The summed E-state index contributed by atoms with van der Waals surface area (Å²) in [5, 5.41) is 8.76. The number of nitrogens with one attached hydrogen (secondary N) is 1. The van der Waals surface area contributed by atoms with Crippen LogP contribution in [0.2, 0.25) is 5.02 Å². The molecule has 0 saturated carbocycles. The fourth-order valence-corrected chi connectivity index (χ4v) is 2.99. The summed E-state index contributed by atoms with van der Waals surface area (Å²) in [6.45, 7) is 1.40. The number of hydrogen-bond donors (Lipinski definition) is 2. The van der Waals surface area contributed by atoms with Gasteiger partial charge in [0.05, 0.1) is 6.42 Å². The van der Waals surface area contributed by atoms with Crippen LogP contribution in [-0.4, -0.2) is 18.3 Å². The highest BCUT2D eigenvalue weighted by Crippen LogP contribution is 2.31. The van der Waals surface area contributed by atoms with E-state index in [0.29, 0.717) is 21.2 Å². The molecule has 0 spiro atoms. The summed E-state index contributed by atoms with van der Waals surface area (Å²) in [5.74, 6) is -0.309. The van der Waals surface area contributed by atoms with Gasteiger partial charge in [-0.3, -0.25) is 14.9 Å². The third-order valence-corrected chi connectivity index (χ3v) is 4.56. The van der Waals surface area contributed by atoms with Crippen molar-refractivity contribution in [3.63, 3.8) is 0 Å². The number of anilines is 1. The number of amides is 1. The number of allylic oxidation sites excluding steroid dienone is 1. The largest absolute Gasteiger partial charge is 0.433 e. The Bertz CT molecular complexity index is 914. The van der Waals surface area contributed by atoms with Crippen molar-refractivity contribution >= 4 is 47.4 Å². The standard InChI is InChI=1S/C19H17ClF3N3OS/c1-2-25-17(19(21,22)23)9-13-7-8-14(11-16(13)28-24)26-18(27)10-12-5-3-4-6-15(12)20/h2-9,11H,10,24H2,1H3,(H,26,27)/b17-9-,25-2-. The lowest BCUT2D eigenvalue weighted by atomic mass is 10.1. The van der Waals surface area contributed by atoms with E-state index in [-0.39, 0.29) is 17.9 Å². The average molecular weight is 428 g/mol. The van der Waals surface area contributed by atoms with Crippen LogP contribution in [0.1, 0.15) is 18.1 Å². The van der Waals surface area contributed by atoms with Crippen LogP contribution < -0.4 is 10.5 Å². The molecule has 2 aromatic carbocycles. The SMILES string of the molecule is C/C=N\C(=C/c1ccc(NC(=O)Cc2ccccc2Cl)cc1SN)C(F)(F)F. The van der Waals surface area contributed by atoms with Crippen LogP contribution in [0.5, 0.6) is 0 Å². The number of alkyl halides is 3. The maximum atomic E-state index is 13.0. The maximum Gasteiger partial charge on any atom is 0.433 e. The Hall–Kier alpha value is -2.29. The summed E-state index contributed by atoms with van der Waals surface area (Å²) < 4.78 is 39.1. The van der Waals surface area contributed by atoms with E-state index in [1.165, 1.54) is 25.1 Å². The fourth-order valence-electron chi connectivity index (χ4n) is 2.33. The van der Waals surface area contributed by atoms with E-state index in [1.807, 2.05) is 0 Å². The zero-order chi connectivity index (χ0) is 20.7. The quantitative estimate of drug-likeness (QED) is 0.473. The normalized spacial score (nSPS) is 12.4. The number of aliphatic imine (C=N–C) groups is 1. The number of nitrogens with zero attached hydrogens (tertiary/aromatic N) is 1. The van der Waals surface area contributed by atoms with Gasteiger partial charge >= 0.3 is 6.18 Å². The van der Waals surface area contributed by atoms with Crippen LogP contribution in [-0.2, 0) is 11.2 Å². The lowest BCUT2D eigenvalue weighted by molar-refractivity contribution is -0.115. The van der Waals surface area contributed by atoms with Gasteiger partial charge in [-0.15, -0.1) is 0 Å². The van der Waals surface area contributed by atoms with Gasteiger partial charge in [-0.25, -0.2) is 0 Å². The van der Waals surface area contributed by atoms with Gasteiger partial charge in [0.15, 0.2) is 0 Å². The number of halogens is 4. The molecule has 28 heavy (non-hydrogen) atoms. The summed E-state index contributed by atoms with van der Waals surface area (Å²) in [6, 6.07) is 11.4. The molecule has 0 atom stereocenters. The van der Waals surface area contributed by atoms with Gasteiger partial charge in [-0.05, 0) is 54.3 Å². The van der Waals surface area contributed by atoms with Crippen molar-refractivity contribution in [3.05, 3.63) is 64.3 Å². The van der Waals surface area contributed by atoms with Gasteiger partial charge in [0, 0.05) is 21.8 Å². The molecule has 1 amide bonds. The monoisotopic (exact) mass is 427 g/mol. The summed E-state index contributed by atoms with van der Waals surface area (Å²) in [5.41, 5.74) is 0.284. The second kappa shape index (κ2) is 9.77. The van der Waals surface area contributed by atoms with Crippen molar-refractivity contribution < 1.29 is 18.0 Å². The highest BCUT2D eigenvalue weighted by atomic mass is 35.5. The number of carbonyl (C=O) groups excluding carboxylic acids is 1. The number of rotatable bonds is 6. The van der Waals surface area contributed by atoms with Crippen molar-refractivity contribution in [1.82, 2.24) is 0 Å². The molecule has 0 fully saturated rings. The second-order valence-corrected chi connectivity index (χ2v) is 6.68. The van der Waals surface area contributed by atoms with Crippen LogP contribution in [0.25, 0.3) is 6.08 Å². The predicted octanol–water partition coefficient (Wildman–Crippen LogP) is 5.48.